The van der Waals surface area contributed by atoms with Crippen molar-refractivity contribution >= 4 is 29.9 Å². The van der Waals surface area contributed by atoms with Crippen LogP contribution < -0.4 is 20.1 Å². The number of ether oxygens (including phenoxy) is 2. The number of aryl methyl sites for hydroxylation is 1. The fourth-order valence-electron chi connectivity index (χ4n) is 3.03. The second kappa shape index (κ2) is 11.1. The predicted molar refractivity (Wildman–Crippen MR) is 120 cm³/mol. The molecule has 1 unspecified atom stereocenters. The van der Waals surface area contributed by atoms with Crippen LogP contribution in [0.15, 0.2) is 29.3 Å². The minimum atomic E-state index is -0.0532. The van der Waals surface area contributed by atoms with Gasteiger partial charge in [-0.3, -0.25) is 0 Å². The minimum absolute atomic E-state index is 0. The van der Waals surface area contributed by atoms with Crippen molar-refractivity contribution in [1.82, 2.24) is 25.4 Å². The van der Waals surface area contributed by atoms with Crippen molar-refractivity contribution in [1.29, 1.82) is 0 Å². The van der Waals surface area contributed by atoms with E-state index in [2.05, 4.69) is 30.4 Å². The van der Waals surface area contributed by atoms with Crippen molar-refractivity contribution in [3.8, 4) is 11.5 Å². The number of halogens is 1. The van der Waals surface area contributed by atoms with Crippen molar-refractivity contribution in [2.45, 2.75) is 45.9 Å². The number of rotatable bonds is 8. The molecule has 2 N–H and O–H groups in total. The molecular weight excluding hydrogens is 471 g/mol. The Bertz CT molecular complexity index is 780. The first-order valence-electron chi connectivity index (χ1n) is 9.44. The molecule has 8 nitrogen and oxygen atoms in total. The van der Waals surface area contributed by atoms with Crippen LogP contribution in [0.25, 0.3) is 0 Å². The van der Waals surface area contributed by atoms with E-state index in [1.165, 1.54) is 0 Å². The Morgan fingerprint density at radius 3 is 2.79 bits per heavy atom. The maximum Gasteiger partial charge on any atom is 0.191 e. The van der Waals surface area contributed by atoms with Crippen molar-refractivity contribution in [2.75, 3.05) is 20.2 Å². The highest BCUT2D eigenvalue weighted by molar-refractivity contribution is 14.0. The van der Waals surface area contributed by atoms with Gasteiger partial charge in [0.05, 0.1) is 13.7 Å². The Labute approximate surface area is 183 Å². The van der Waals surface area contributed by atoms with Gasteiger partial charge in [0.1, 0.15) is 18.5 Å². The van der Waals surface area contributed by atoms with Gasteiger partial charge in [-0.25, -0.2) is 4.99 Å². The molecule has 0 radical (unpaired) electrons. The molecule has 1 aromatic heterocycles. The summed E-state index contributed by atoms with van der Waals surface area (Å²) in [6, 6.07) is 7.64. The maximum atomic E-state index is 5.98. The molecule has 154 valence electrons. The number of nitrogens with zero attached hydrogens (tertiary/aromatic N) is 4. The predicted octanol–water partition coefficient (Wildman–Crippen LogP) is 2.37. The molecule has 0 amide bonds. The molecule has 1 atom stereocenters. The number of aromatic nitrogens is 3. The normalized spacial score (nSPS) is 14.0. The quantitative estimate of drug-likeness (QED) is 0.329. The molecule has 1 aliphatic rings. The number of para-hydroxylation sites is 2. The summed E-state index contributed by atoms with van der Waals surface area (Å²) in [5.41, 5.74) is 0. The van der Waals surface area contributed by atoms with Crippen molar-refractivity contribution in [2.24, 2.45) is 4.99 Å². The smallest absolute Gasteiger partial charge is 0.191 e. The third-order valence-corrected chi connectivity index (χ3v) is 4.36. The lowest BCUT2D eigenvalue weighted by Crippen LogP contribution is -2.41. The second-order valence-corrected chi connectivity index (χ2v) is 6.44. The molecule has 0 saturated heterocycles. The van der Waals surface area contributed by atoms with E-state index in [1.807, 2.05) is 38.1 Å². The molecular formula is C19H29IN6O2. The minimum Gasteiger partial charge on any atom is -0.493 e. The molecule has 0 saturated carbocycles. The molecule has 9 heteroatoms. The molecule has 3 rings (SSSR count). The summed E-state index contributed by atoms with van der Waals surface area (Å²) < 4.78 is 13.5. The zero-order valence-electron chi connectivity index (χ0n) is 16.6. The molecule has 28 heavy (non-hydrogen) atoms. The van der Waals surface area contributed by atoms with Gasteiger partial charge in [-0.2, -0.15) is 0 Å². The molecule has 0 bridgehead atoms. The van der Waals surface area contributed by atoms with E-state index in [0.29, 0.717) is 13.1 Å². The summed E-state index contributed by atoms with van der Waals surface area (Å²) in [4.78, 5) is 4.64. The van der Waals surface area contributed by atoms with Crippen molar-refractivity contribution in [3.05, 3.63) is 35.9 Å². The number of hydrogen-bond donors (Lipinski definition) is 2. The van der Waals surface area contributed by atoms with Gasteiger partial charge in [0, 0.05) is 19.5 Å². The van der Waals surface area contributed by atoms with Gasteiger partial charge in [-0.15, -0.1) is 34.2 Å². The van der Waals surface area contributed by atoms with E-state index < -0.39 is 0 Å². The highest BCUT2D eigenvalue weighted by Gasteiger charge is 2.17. The van der Waals surface area contributed by atoms with E-state index in [4.69, 9.17) is 9.47 Å². The lowest BCUT2D eigenvalue weighted by Gasteiger charge is -2.19. The zero-order valence-corrected chi connectivity index (χ0v) is 19.0. The van der Waals surface area contributed by atoms with Crippen LogP contribution in [0, 0.1) is 0 Å². The highest BCUT2D eigenvalue weighted by Crippen LogP contribution is 2.26. The van der Waals surface area contributed by atoms with Gasteiger partial charge >= 0.3 is 0 Å². The second-order valence-electron chi connectivity index (χ2n) is 6.44. The van der Waals surface area contributed by atoms with Crippen LogP contribution in [0.3, 0.4) is 0 Å². The molecule has 2 aromatic rings. The Kier molecular flexibility index (Phi) is 8.81. The van der Waals surface area contributed by atoms with Crippen LogP contribution in [0.5, 0.6) is 11.5 Å². The van der Waals surface area contributed by atoms with Crippen LogP contribution in [-0.4, -0.2) is 47.0 Å². The maximum absolute atomic E-state index is 5.98. The van der Waals surface area contributed by atoms with E-state index in [1.54, 1.807) is 7.11 Å². The Hall–Kier alpha value is -2.04. The lowest BCUT2D eigenvalue weighted by molar-refractivity contribution is 0.213. The van der Waals surface area contributed by atoms with Crippen molar-refractivity contribution < 1.29 is 9.47 Å². The summed E-state index contributed by atoms with van der Waals surface area (Å²) >= 11 is 0. The first-order chi connectivity index (χ1) is 13.2. The van der Waals surface area contributed by atoms with E-state index in [9.17, 15) is 0 Å². The third-order valence-electron chi connectivity index (χ3n) is 4.36. The first kappa shape index (κ1) is 22.3. The van der Waals surface area contributed by atoms with Crippen LogP contribution in [0.2, 0.25) is 0 Å². The SMILES string of the molecule is CCNC(=NCc1nnc2n1CCC2)NCC(C)Oc1ccccc1OC.I. The van der Waals surface area contributed by atoms with Crippen LogP contribution in [0.1, 0.15) is 31.9 Å². The Morgan fingerprint density at radius 2 is 2.04 bits per heavy atom. The van der Waals surface area contributed by atoms with E-state index in [-0.39, 0.29) is 30.1 Å². The molecule has 0 spiro atoms. The topological polar surface area (TPSA) is 85.6 Å². The number of fused-ring (bicyclic) bond motifs is 1. The van der Waals surface area contributed by atoms with Crippen molar-refractivity contribution in [3.63, 3.8) is 0 Å². The standard InChI is InChI=1S/C19H28N6O2.HI/c1-4-20-19(22-13-18-24-23-17-10-7-11-25(17)18)21-12-14(2)27-16-9-6-5-8-15(16)26-3;/h5-6,8-9,14H,4,7,10-13H2,1-3H3,(H2,20,21,22);1H. The largest absolute Gasteiger partial charge is 0.493 e. The molecule has 0 fully saturated rings. The number of nitrogens with one attached hydrogen (secondary N) is 2. The van der Waals surface area contributed by atoms with Gasteiger partial charge in [0.15, 0.2) is 23.3 Å². The number of methoxy groups -OCH3 is 1. The number of aliphatic imine (C=N–C) groups is 1. The van der Waals surface area contributed by atoms with E-state index >= 15 is 0 Å². The average Bonchev–Trinajstić information content (AvgIpc) is 3.29. The number of hydrogen-bond acceptors (Lipinski definition) is 5. The fraction of sp³-hybridized carbons (Fsp3) is 0.526. The summed E-state index contributed by atoms with van der Waals surface area (Å²) in [5.74, 6) is 4.18. The summed E-state index contributed by atoms with van der Waals surface area (Å²) in [7, 11) is 1.64. The fourth-order valence-corrected chi connectivity index (χ4v) is 3.03. The molecule has 0 aliphatic carbocycles. The Morgan fingerprint density at radius 1 is 1.25 bits per heavy atom. The van der Waals surface area contributed by atoms with Gasteiger partial charge in [-0.1, -0.05) is 12.1 Å². The number of benzene rings is 1. The van der Waals surface area contributed by atoms with Crippen LogP contribution in [-0.2, 0) is 19.5 Å². The number of guanidine groups is 1. The summed E-state index contributed by atoms with van der Waals surface area (Å²) in [6.45, 7) is 6.94. The Balaban J connectivity index is 0.00000280. The zero-order chi connectivity index (χ0) is 19.1. The van der Waals surface area contributed by atoms with Gasteiger partial charge in [-0.05, 0) is 32.4 Å². The van der Waals surface area contributed by atoms with Crippen LogP contribution in [0.4, 0.5) is 0 Å². The summed E-state index contributed by atoms with van der Waals surface area (Å²) in [6.07, 6.45) is 2.09. The first-order valence-corrected chi connectivity index (χ1v) is 9.44. The average molecular weight is 500 g/mol. The van der Waals surface area contributed by atoms with Gasteiger partial charge < -0.3 is 24.7 Å². The monoisotopic (exact) mass is 500 g/mol. The summed E-state index contributed by atoms with van der Waals surface area (Å²) in [5, 5.41) is 15.1. The molecule has 1 aliphatic heterocycles. The highest BCUT2D eigenvalue weighted by atomic mass is 127. The van der Waals surface area contributed by atoms with Crippen LogP contribution >= 0.6 is 24.0 Å². The lowest BCUT2D eigenvalue weighted by atomic mass is 10.3. The van der Waals surface area contributed by atoms with Gasteiger partial charge in [0.2, 0.25) is 0 Å². The van der Waals surface area contributed by atoms with E-state index in [0.717, 1.165) is 55.0 Å². The van der Waals surface area contributed by atoms with Gasteiger partial charge in [0.25, 0.3) is 0 Å². The molecule has 2 heterocycles. The molecule has 1 aromatic carbocycles. The third kappa shape index (κ3) is 5.73.